The zero-order chi connectivity index (χ0) is 15.2. The minimum atomic E-state index is -0.363. The molecule has 1 heterocycles. The highest BCUT2D eigenvalue weighted by Gasteiger charge is 2.10. The summed E-state index contributed by atoms with van der Waals surface area (Å²) in [5, 5.41) is 5.70. The molecule has 0 saturated carbocycles. The van der Waals surface area contributed by atoms with Crippen molar-refractivity contribution in [3.05, 3.63) is 29.6 Å². The molecule has 0 aliphatic rings. The third-order valence-electron chi connectivity index (χ3n) is 2.73. The molecule has 7 heteroatoms. The number of anilines is 3. The van der Waals surface area contributed by atoms with Crippen molar-refractivity contribution in [2.75, 3.05) is 24.3 Å². The summed E-state index contributed by atoms with van der Waals surface area (Å²) in [5.41, 5.74) is 1.10. The van der Waals surface area contributed by atoms with Gasteiger partial charge in [0.25, 0.3) is 0 Å². The van der Waals surface area contributed by atoms with Gasteiger partial charge in [-0.3, -0.25) is 0 Å². The van der Waals surface area contributed by atoms with E-state index in [1.165, 1.54) is 6.07 Å². The lowest BCUT2D eigenvalue weighted by atomic mass is 10.2. The largest absolute Gasteiger partial charge is 0.463 e. The molecule has 0 aliphatic heterocycles. The van der Waals surface area contributed by atoms with Crippen LogP contribution in [0, 0.1) is 12.7 Å². The molecule has 0 bridgehead atoms. The molecule has 2 aromatic rings. The molecule has 6 nitrogen and oxygen atoms in total. The van der Waals surface area contributed by atoms with Gasteiger partial charge in [-0.1, -0.05) is 19.1 Å². The van der Waals surface area contributed by atoms with Gasteiger partial charge in [-0.25, -0.2) is 4.39 Å². The molecule has 0 atom stereocenters. The Balaban J connectivity index is 2.30. The molecule has 2 rings (SSSR count). The number of ether oxygens (including phenoxy) is 1. The van der Waals surface area contributed by atoms with Crippen molar-refractivity contribution in [2.45, 2.75) is 20.3 Å². The van der Waals surface area contributed by atoms with Crippen molar-refractivity contribution < 1.29 is 9.13 Å². The summed E-state index contributed by atoms with van der Waals surface area (Å²) in [6, 6.07) is 5.04. The maximum Gasteiger partial charge on any atom is 0.323 e. The van der Waals surface area contributed by atoms with Crippen LogP contribution in [0.5, 0.6) is 6.01 Å². The molecule has 0 aliphatic carbocycles. The Labute approximate surface area is 122 Å². The maximum absolute atomic E-state index is 13.8. The van der Waals surface area contributed by atoms with Gasteiger partial charge in [-0.15, -0.1) is 0 Å². The highest BCUT2D eigenvalue weighted by Crippen LogP contribution is 2.23. The number of hydrogen-bond acceptors (Lipinski definition) is 6. The maximum atomic E-state index is 13.8. The summed E-state index contributed by atoms with van der Waals surface area (Å²) in [7, 11) is 1.69. The molecular weight excluding hydrogens is 273 g/mol. The molecule has 0 fully saturated rings. The Bertz CT molecular complexity index is 600. The number of para-hydroxylation sites is 1. The average molecular weight is 291 g/mol. The lowest BCUT2D eigenvalue weighted by molar-refractivity contribution is 0.292. The van der Waals surface area contributed by atoms with E-state index in [1.807, 2.05) is 6.92 Å². The number of hydrogen-bond donors (Lipinski definition) is 2. The molecule has 1 aromatic carbocycles. The summed E-state index contributed by atoms with van der Waals surface area (Å²) in [6.07, 6.45) is 0.843. The van der Waals surface area contributed by atoms with Gasteiger partial charge in [0.2, 0.25) is 11.9 Å². The number of nitrogens with one attached hydrogen (secondary N) is 2. The zero-order valence-electron chi connectivity index (χ0n) is 12.3. The number of benzene rings is 1. The minimum Gasteiger partial charge on any atom is -0.463 e. The fraction of sp³-hybridized carbons (Fsp3) is 0.357. The van der Waals surface area contributed by atoms with Crippen LogP contribution in [0.2, 0.25) is 0 Å². The first-order valence-corrected chi connectivity index (χ1v) is 6.72. The van der Waals surface area contributed by atoms with Crippen molar-refractivity contribution in [3.63, 3.8) is 0 Å². The van der Waals surface area contributed by atoms with Crippen LogP contribution in [0.15, 0.2) is 18.2 Å². The molecule has 112 valence electrons. The van der Waals surface area contributed by atoms with E-state index in [-0.39, 0.29) is 17.8 Å². The fourth-order valence-corrected chi connectivity index (χ4v) is 1.68. The number of nitrogens with zero attached hydrogens (tertiary/aromatic N) is 3. The zero-order valence-corrected chi connectivity index (χ0v) is 12.3. The van der Waals surface area contributed by atoms with Gasteiger partial charge in [0.05, 0.1) is 12.3 Å². The Kier molecular flexibility index (Phi) is 4.86. The molecule has 0 spiro atoms. The number of rotatable bonds is 6. The summed E-state index contributed by atoms with van der Waals surface area (Å²) >= 11 is 0. The first-order valence-electron chi connectivity index (χ1n) is 6.72. The molecule has 21 heavy (non-hydrogen) atoms. The number of aryl methyl sites for hydroxylation is 1. The van der Waals surface area contributed by atoms with Gasteiger partial charge in [0, 0.05) is 7.05 Å². The van der Waals surface area contributed by atoms with E-state index in [0.29, 0.717) is 18.2 Å². The highest BCUT2D eigenvalue weighted by molar-refractivity contribution is 5.59. The van der Waals surface area contributed by atoms with E-state index in [1.54, 1.807) is 26.1 Å². The van der Waals surface area contributed by atoms with Crippen LogP contribution in [0.1, 0.15) is 18.9 Å². The summed E-state index contributed by atoms with van der Waals surface area (Å²) in [5.74, 6) is 0.221. The first kappa shape index (κ1) is 15.0. The van der Waals surface area contributed by atoms with Crippen molar-refractivity contribution in [3.8, 4) is 6.01 Å². The number of aromatic nitrogens is 3. The summed E-state index contributed by atoms with van der Waals surface area (Å²) < 4.78 is 19.2. The van der Waals surface area contributed by atoms with E-state index in [9.17, 15) is 4.39 Å². The van der Waals surface area contributed by atoms with Gasteiger partial charge in [-0.05, 0) is 25.0 Å². The molecule has 0 amide bonds. The van der Waals surface area contributed by atoms with Crippen molar-refractivity contribution in [1.82, 2.24) is 15.0 Å². The predicted molar refractivity (Wildman–Crippen MR) is 79.6 cm³/mol. The lowest BCUT2D eigenvalue weighted by Gasteiger charge is -2.11. The molecule has 1 aromatic heterocycles. The van der Waals surface area contributed by atoms with E-state index >= 15 is 0 Å². The van der Waals surface area contributed by atoms with Crippen LogP contribution in [0.4, 0.5) is 22.0 Å². The molecular formula is C14H18FN5O. The fourth-order valence-electron chi connectivity index (χ4n) is 1.68. The molecule has 0 radical (unpaired) electrons. The Hall–Kier alpha value is -2.44. The van der Waals surface area contributed by atoms with Gasteiger partial charge < -0.3 is 15.4 Å². The van der Waals surface area contributed by atoms with Crippen molar-refractivity contribution in [1.29, 1.82) is 0 Å². The van der Waals surface area contributed by atoms with Gasteiger partial charge >= 0.3 is 6.01 Å². The van der Waals surface area contributed by atoms with Gasteiger partial charge in [0.15, 0.2) is 0 Å². The first-order chi connectivity index (χ1) is 10.1. The summed E-state index contributed by atoms with van der Waals surface area (Å²) in [6.45, 7) is 4.30. The smallest absolute Gasteiger partial charge is 0.323 e. The van der Waals surface area contributed by atoms with Crippen LogP contribution in [0.25, 0.3) is 0 Å². The van der Waals surface area contributed by atoms with E-state index in [0.717, 1.165) is 12.0 Å². The van der Waals surface area contributed by atoms with Crippen molar-refractivity contribution >= 4 is 17.6 Å². The standard InChI is InChI=1S/C14H18FN5O/c1-4-8-21-14-19-12(16-3)18-13(20-14)17-11-9(2)6-5-7-10(11)15/h5-7H,4,8H2,1-3H3,(H2,16,17,18,19,20). The second kappa shape index (κ2) is 6.83. The molecule has 0 saturated heterocycles. The van der Waals surface area contributed by atoms with Crippen molar-refractivity contribution in [2.24, 2.45) is 0 Å². The van der Waals surface area contributed by atoms with E-state index in [2.05, 4.69) is 25.6 Å². The average Bonchev–Trinajstić information content (AvgIpc) is 2.49. The van der Waals surface area contributed by atoms with Crippen LogP contribution in [-0.2, 0) is 0 Å². The predicted octanol–water partition coefficient (Wildman–Crippen LogP) is 2.89. The second-order valence-electron chi connectivity index (χ2n) is 4.42. The van der Waals surface area contributed by atoms with Crippen LogP contribution >= 0.6 is 0 Å². The normalized spacial score (nSPS) is 10.3. The van der Waals surface area contributed by atoms with Crippen LogP contribution in [-0.4, -0.2) is 28.6 Å². The number of halogens is 1. The van der Waals surface area contributed by atoms with E-state index in [4.69, 9.17) is 4.74 Å². The van der Waals surface area contributed by atoms with E-state index < -0.39 is 0 Å². The third-order valence-corrected chi connectivity index (χ3v) is 2.73. The SMILES string of the molecule is CCCOc1nc(NC)nc(Nc2c(C)cccc2F)n1. The van der Waals surface area contributed by atoms with Crippen LogP contribution in [0.3, 0.4) is 0 Å². The topological polar surface area (TPSA) is 72.0 Å². The highest BCUT2D eigenvalue weighted by atomic mass is 19.1. The third kappa shape index (κ3) is 3.77. The monoisotopic (exact) mass is 291 g/mol. The Morgan fingerprint density at radius 3 is 2.62 bits per heavy atom. The lowest BCUT2D eigenvalue weighted by Crippen LogP contribution is -2.08. The molecule has 0 unspecified atom stereocenters. The quantitative estimate of drug-likeness (QED) is 0.852. The minimum absolute atomic E-state index is 0.202. The Morgan fingerprint density at radius 2 is 1.95 bits per heavy atom. The summed E-state index contributed by atoms with van der Waals surface area (Å²) in [4.78, 5) is 12.4. The Morgan fingerprint density at radius 1 is 1.19 bits per heavy atom. The second-order valence-corrected chi connectivity index (χ2v) is 4.42. The van der Waals surface area contributed by atoms with Crippen LogP contribution < -0.4 is 15.4 Å². The molecule has 2 N–H and O–H groups in total. The van der Waals surface area contributed by atoms with Gasteiger partial charge in [-0.2, -0.15) is 15.0 Å². The van der Waals surface area contributed by atoms with Gasteiger partial charge in [0.1, 0.15) is 5.82 Å².